The van der Waals surface area contributed by atoms with Crippen LogP contribution in [0.1, 0.15) is 13.3 Å². The fraction of sp³-hybridized carbons (Fsp3) is 0.714. The standard InChI is InChI=1S/C7H13B/c1-5-6-7(2)8(3)4/h1,7H,6H2,2-4H3. The molecule has 0 aliphatic heterocycles. The molecule has 0 nitrogen and oxygen atoms in total. The maximum Gasteiger partial charge on any atom is 0.137 e. The molecule has 0 bridgehead atoms. The smallest absolute Gasteiger partial charge is 0.120 e. The molecule has 0 aromatic heterocycles. The molecule has 0 spiro atoms. The van der Waals surface area contributed by atoms with E-state index in [1.54, 1.807) is 0 Å². The Morgan fingerprint density at radius 1 is 1.62 bits per heavy atom. The van der Waals surface area contributed by atoms with Crippen molar-refractivity contribution in [3.05, 3.63) is 0 Å². The summed E-state index contributed by atoms with van der Waals surface area (Å²) >= 11 is 0. The van der Waals surface area contributed by atoms with Crippen LogP contribution in [0.15, 0.2) is 0 Å². The van der Waals surface area contributed by atoms with Crippen molar-refractivity contribution in [1.29, 1.82) is 0 Å². The van der Waals surface area contributed by atoms with Gasteiger partial charge in [0, 0.05) is 6.42 Å². The zero-order valence-electron chi connectivity index (χ0n) is 5.94. The third kappa shape index (κ3) is 2.74. The van der Waals surface area contributed by atoms with Crippen LogP contribution in [-0.2, 0) is 0 Å². The van der Waals surface area contributed by atoms with E-state index in [9.17, 15) is 0 Å². The SMILES string of the molecule is C#CCC(C)B(C)C. The molecule has 8 heavy (non-hydrogen) atoms. The molecule has 0 aliphatic carbocycles. The zero-order valence-corrected chi connectivity index (χ0v) is 5.94. The third-order valence-electron chi connectivity index (χ3n) is 1.58. The first-order valence-corrected chi connectivity index (χ1v) is 3.12. The van der Waals surface area contributed by atoms with E-state index in [4.69, 9.17) is 6.42 Å². The molecular formula is C7H13B. The van der Waals surface area contributed by atoms with Gasteiger partial charge in [-0.25, -0.2) is 0 Å². The summed E-state index contributed by atoms with van der Waals surface area (Å²) in [5.74, 6) is 3.33. The molecular weight excluding hydrogens is 94.9 g/mol. The van der Waals surface area contributed by atoms with Gasteiger partial charge in [-0.1, -0.05) is 26.4 Å². The zero-order chi connectivity index (χ0) is 6.57. The second-order valence-corrected chi connectivity index (χ2v) is 2.63. The lowest BCUT2D eigenvalue weighted by Gasteiger charge is -2.06. The molecule has 0 rings (SSSR count). The second kappa shape index (κ2) is 3.61. The number of terminal acetylenes is 1. The van der Waals surface area contributed by atoms with Gasteiger partial charge in [0.1, 0.15) is 6.71 Å². The van der Waals surface area contributed by atoms with Crippen molar-refractivity contribution in [1.82, 2.24) is 0 Å². The fourth-order valence-corrected chi connectivity index (χ4v) is 0.422. The summed E-state index contributed by atoms with van der Waals surface area (Å²) in [5, 5.41) is 0. The average Bonchev–Trinajstić information content (AvgIpc) is 1.67. The Morgan fingerprint density at radius 2 is 2.12 bits per heavy atom. The first kappa shape index (κ1) is 7.62. The maximum atomic E-state index is 5.12. The summed E-state index contributed by atoms with van der Waals surface area (Å²) < 4.78 is 0. The van der Waals surface area contributed by atoms with E-state index in [1.807, 2.05) is 0 Å². The van der Waals surface area contributed by atoms with E-state index in [0.717, 1.165) is 13.1 Å². The van der Waals surface area contributed by atoms with Crippen LogP contribution < -0.4 is 0 Å². The fourth-order valence-electron chi connectivity index (χ4n) is 0.422. The number of hydrogen-bond donors (Lipinski definition) is 0. The lowest BCUT2D eigenvalue weighted by atomic mass is 9.45. The second-order valence-electron chi connectivity index (χ2n) is 2.63. The van der Waals surface area contributed by atoms with Gasteiger partial charge < -0.3 is 0 Å². The first-order valence-electron chi connectivity index (χ1n) is 3.12. The van der Waals surface area contributed by atoms with Gasteiger partial charge in [-0.15, -0.1) is 12.3 Å². The van der Waals surface area contributed by atoms with Gasteiger partial charge in [0.05, 0.1) is 0 Å². The van der Waals surface area contributed by atoms with Crippen LogP contribution in [0.25, 0.3) is 0 Å². The van der Waals surface area contributed by atoms with Crippen LogP contribution in [0.4, 0.5) is 0 Å². The van der Waals surface area contributed by atoms with Gasteiger partial charge in [0.2, 0.25) is 0 Å². The summed E-state index contributed by atoms with van der Waals surface area (Å²) in [6, 6.07) is 0. The highest BCUT2D eigenvalue weighted by Crippen LogP contribution is 2.11. The highest BCUT2D eigenvalue weighted by Gasteiger charge is 2.06. The molecule has 0 saturated heterocycles. The molecule has 44 valence electrons. The van der Waals surface area contributed by atoms with Crippen LogP contribution in [0.5, 0.6) is 0 Å². The third-order valence-corrected chi connectivity index (χ3v) is 1.58. The number of hydrogen-bond acceptors (Lipinski definition) is 0. The largest absolute Gasteiger partial charge is 0.137 e. The Balaban J connectivity index is 3.35. The van der Waals surface area contributed by atoms with E-state index in [0.29, 0.717) is 5.82 Å². The average molecular weight is 108 g/mol. The van der Waals surface area contributed by atoms with Gasteiger partial charge in [-0.05, 0) is 0 Å². The minimum absolute atomic E-state index is 0.681. The van der Waals surface area contributed by atoms with Gasteiger partial charge in [0.25, 0.3) is 0 Å². The molecule has 0 aromatic rings. The topological polar surface area (TPSA) is 0 Å². The van der Waals surface area contributed by atoms with Crippen molar-refractivity contribution >= 4 is 6.71 Å². The molecule has 1 heteroatoms. The van der Waals surface area contributed by atoms with Crippen LogP contribution in [0, 0.1) is 12.3 Å². The quantitative estimate of drug-likeness (QED) is 0.375. The van der Waals surface area contributed by atoms with Crippen molar-refractivity contribution < 1.29 is 0 Å². The summed E-state index contributed by atoms with van der Waals surface area (Å²) in [4.78, 5) is 0. The van der Waals surface area contributed by atoms with Crippen molar-refractivity contribution in [3.8, 4) is 12.3 Å². The molecule has 0 N–H and O–H groups in total. The van der Waals surface area contributed by atoms with Gasteiger partial charge in [-0.2, -0.15) is 0 Å². The van der Waals surface area contributed by atoms with E-state index in [1.165, 1.54) is 0 Å². The summed E-state index contributed by atoms with van der Waals surface area (Å²) in [6.45, 7) is 7.31. The monoisotopic (exact) mass is 108 g/mol. The molecule has 0 fully saturated rings. The van der Waals surface area contributed by atoms with E-state index in [-0.39, 0.29) is 0 Å². The van der Waals surface area contributed by atoms with E-state index in [2.05, 4.69) is 26.5 Å². The predicted molar refractivity (Wildman–Crippen MR) is 40.4 cm³/mol. The highest BCUT2D eigenvalue weighted by molar-refractivity contribution is 6.57. The Labute approximate surface area is 52.8 Å². The van der Waals surface area contributed by atoms with Crippen molar-refractivity contribution in [2.75, 3.05) is 0 Å². The maximum absolute atomic E-state index is 5.12. The lowest BCUT2D eigenvalue weighted by molar-refractivity contribution is 0.947. The molecule has 0 aliphatic rings. The molecule has 0 saturated carbocycles. The minimum Gasteiger partial charge on any atom is -0.120 e. The van der Waals surface area contributed by atoms with Crippen LogP contribution in [0.2, 0.25) is 19.5 Å². The number of rotatable bonds is 2. The normalized spacial score (nSPS) is 12.2. The van der Waals surface area contributed by atoms with Crippen LogP contribution in [-0.4, -0.2) is 6.71 Å². The van der Waals surface area contributed by atoms with Crippen molar-refractivity contribution in [3.63, 3.8) is 0 Å². The minimum atomic E-state index is 0.681. The molecule has 1 unspecified atom stereocenters. The summed E-state index contributed by atoms with van der Waals surface area (Å²) in [7, 11) is 0. The summed E-state index contributed by atoms with van der Waals surface area (Å²) in [6.07, 6.45) is 6.03. The Kier molecular flexibility index (Phi) is 3.44. The first-order chi connectivity index (χ1) is 3.68. The van der Waals surface area contributed by atoms with Crippen LogP contribution in [0.3, 0.4) is 0 Å². The van der Waals surface area contributed by atoms with Crippen molar-refractivity contribution in [2.24, 2.45) is 0 Å². The van der Waals surface area contributed by atoms with E-state index < -0.39 is 0 Å². The summed E-state index contributed by atoms with van der Waals surface area (Å²) in [5.41, 5.74) is 0. The molecule has 0 radical (unpaired) electrons. The molecule has 0 aromatic carbocycles. The molecule has 0 heterocycles. The van der Waals surface area contributed by atoms with E-state index >= 15 is 0 Å². The molecule has 0 amide bonds. The highest BCUT2D eigenvalue weighted by atomic mass is 13.9. The Bertz CT molecular complexity index is 89.1. The Morgan fingerprint density at radius 3 is 2.25 bits per heavy atom. The van der Waals surface area contributed by atoms with Crippen molar-refractivity contribution in [2.45, 2.75) is 32.8 Å². The van der Waals surface area contributed by atoms with Crippen LogP contribution >= 0.6 is 0 Å². The lowest BCUT2D eigenvalue weighted by Crippen LogP contribution is -2.07. The van der Waals surface area contributed by atoms with Gasteiger partial charge in [0.15, 0.2) is 0 Å². The van der Waals surface area contributed by atoms with Gasteiger partial charge in [-0.3, -0.25) is 0 Å². The Hall–Kier alpha value is -0.375. The predicted octanol–water partition coefficient (Wildman–Crippen LogP) is 2.15. The van der Waals surface area contributed by atoms with Gasteiger partial charge >= 0.3 is 0 Å². The molecule has 1 atom stereocenters.